The summed E-state index contributed by atoms with van der Waals surface area (Å²) in [4.78, 5) is 28.4. The molecule has 1 saturated carbocycles. The van der Waals surface area contributed by atoms with Crippen LogP contribution in [0.5, 0.6) is 0 Å². The van der Waals surface area contributed by atoms with E-state index in [2.05, 4.69) is 15.4 Å². The number of carbonyl (C=O) groups excluding carboxylic acids is 2. The Morgan fingerprint density at radius 3 is 2.26 bits per heavy atom. The summed E-state index contributed by atoms with van der Waals surface area (Å²) in [5, 5.41) is 6.06. The standard InChI is InChI=1S/C24H17F6N5O2S/c25-23(26,27)15-8-13(11-4-2-1-3-5-11)18-19(20(21(31)37)38-22(18)32-15)33-17(36)10-35-14(12-6-7-12)9-16(34-35)24(28,29)30/h1-5,8-9,12H,6-7,10H2,(H2,31,37)(H,33,36). The Labute approximate surface area is 214 Å². The second-order valence-corrected chi connectivity index (χ2v) is 9.70. The van der Waals surface area contributed by atoms with Gasteiger partial charge in [0.15, 0.2) is 5.69 Å². The number of nitrogens with one attached hydrogen (secondary N) is 1. The van der Waals surface area contributed by atoms with Crippen molar-refractivity contribution in [2.45, 2.75) is 37.7 Å². The highest BCUT2D eigenvalue weighted by Crippen LogP contribution is 2.44. The maximum atomic E-state index is 13.6. The number of fused-ring (bicyclic) bond motifs is 1. The number of carbonyl (C=O) groups is 2. The Morgan fingerprint density at radius 1 is 1.03 bits per heavy atom. The molecule has 0 saturated heterocycles. The monoisotopic (exact) mass is 553 g/mol. The van der Waals surface area contributed by atoms with E-state index in [0.29, 0.717) is 29.7 Å². The topological polar surface area (TPSA) is 103 Å². The van der Waals surface area contributed by atoms with E-state index >= 15 is 0 Å². The second kappa shape index (κ2) is 9.11. The number of primary amides is 1. The van der Waals surface area contributed by atoms with Crippen molar-refractivity contribution < 1.29 is 35.9 Å². The molecule has 1 aliphatic carbocycles. The Balaban J connectivity index is 1.60. The molecular weight excluding hydrogens is 536 g/mol. The summed E-state index contributed by atoms with van der Waals surface area (Å²) in [5.74, 6) is -2.03. The van der Waals surface area contributed by atoms with Crippen LogP contribution in [0.15, 0.2) is 42.5 Å². The van der Waals surface area contributed by atoms with E-state index < -0.39 is 42.1 Å². The number of benzene rings is 1. The fourth-order valence-electron chi connectivity index (χ4n) is 4.10. The molecule has 1 fully saturated rings. The Morgan fingerprint density at radius 2 is 1.68 bits per heavy atom. The highest BCUT2D eigenvalue weighted by Gasteiger charge is 2.38. The Hall–Kier alpha value is -3.94. The van der Waals surface area contributed by atoms with Crippen molar-refractivity contribution in [1.82, 2.24) is 14.8 Å². The predicted octanol–water partition coefficient (Wildman–Crippen LogP) is 5.81. The number of thiophene rings is 1. The maximum absolute atomic E-state index is 13.6. The number of nitrogens with two attached hydrogens (primary N) is 1. The quantitative estimate of drug-likeness (QED) is 0.294. The molecule has 0 aliphatic heterocycles. The van der Waals surface area contributed by atoms with Gasteiger partial charge >= 0.3 is 12.4 Å². The molecule has 38 heavy (non-hydrogen) atoms. The van der Waals surface area contributed by atoms with Crippen LogP contribution in [0.1, 0.15) is 45.5 Å². The average molecular weight is 553 g/mol. The van der Waals surface area contributed by atoms with Gasteiger partial charge in [0.1, 0.15) is 21.9 Å². The van der Waals surface area contributed by atoms with E-state index in [9.17, 15) is 35.9 Å². The van der Waals surface area contributed by atoms with Crippen LogP contribution >= 0.6 is 11.3 Å². The summed E-state index contributed by atoms with van der Waals surface area (Å²) in [6.45, 7) is -0.619. The van der Waals surface area contributed by atoms with Crippen LogP contribution in [-0.2, 0) is 23.7 Å². The van der Waals surface area contributed by atoms with Crippen molar-refractivity contribution in [3.05, 3.63) is 64.4 Å². The van der Waals surface area contributed by atoms with Gasteiger partial charge in [0.2, 0.25) is 5.91 Å². The van der Waals surface area contributed by atoms with Gasteiger partial charge in [-0.1, -0.05) is 30.3 Å². The van der Waals surface area contributed by atoms with Gasteiger partial charge in [-0.25, -0.2) is 4.98 Å². The first-order valence-electron chi connectivity index (χ1n) is 11.2. The van der Waals surface area contributed by atoms with E-state index in [1.165, 1.54) is 0 Å². The summed E-state index contributed by atoms with van der Waals surface area (Å²) in [7, 11) is 0. The molecule has 198 valence electrons. The molecule has 3 heterocycles. The lowest BCUT2D eigenvalue weighted by atomic mass is 10.0. The molecule has 1 aliphatic rings. The van der Waals surface area contributed by atoms with Crippen molar-refractivity contribution in [1.29, 1.82) is 0 Å². The van der Waals surface area contributed by atoms with Gasteiger partial charge in [0.25, 0.3) is 5.91 Å². The molecule has 0 spiro atoms. The van der Waals surface area contributed by atoms with Crippen LogP contribution < -0.4 is 11.1 Å². The highest BCUT2D eigenvalue weighted by atomic mass is 32.1. The lowest BCUT2D eigenvalue weighted by Gasteiger charge is -2.13. The highest BCUT2D eigenvalue weighted by molar-refractivity contribution is 7.21. The number of hydrogen-bond donors (Lipinski definition) is 2. The van der Waals surface area contributed by atoms with Gasteiger partial charge in [-0.05, 0) is 36.1 Å². The van der Waals surface area contributed by atoms with Crippen LogP contribution in [-0.4, -0.2) is 26.6 Å². The third-order valence-corrected chi connectivity index (χ3v) is 7.01. The zero-order valence-electron chi connectivity index (χ0n) is 19.2. The minimum atomic E-state index is -4.80. The van der Waals surface area contributed by atoms with Crippen molar-refractivity contribution in [2.24, 2.45) is 5.73 Å². The number of hydrogen-bond acceptors (Lipinski definition) is 5. The first-order valence-corrected chi connectivity index (χ1v) is 12.0. The summed E-state index contributed by atoms with van der Waals surface area (Å²) in [6, 6.07) is 9.66. The number of rotatable bonds is 6. The van der Waals surface area contributed by atoms with E-state index in [4.69, 9.17) is 5.73 Å². The summed E-state index contributed by atoms with van der Waals surface area (Å²) < 4.78 is 81.5. The van der Waals surface area contributed by atoms with Gasteiger partial charge in [0, 0.05) is 17.0 Å². The molecule has 1 aromatic carbocycles. The van der Waals surface area contributed by atoms with E-state index in [0.717, 1.165) is 16.8 Å². The fourth-order valence-corrected chi connectivity index (χ4v) is 5.11. The molecule has 3 N–H and O–H groups in total. The van der Waals surface area contributed by atoms with Gasteiger partial charge in [-0.15, -0.1) is 11.3 Å². The maximum Gasteiger partial charge on any atom is 0.435 e. The number of amides is 2. The first kappa shape index (κ1) is 25.7. The molecule has 5 rings (SSSR count). The van der Waals surface area contributed by atoms with Crippen molar-refractivity contribution in [3.63, 3.8) is 0 Å². The second-order valence-electron chi connectivity index (χ2n) is 8.70. The van der Waals surface area contributed by atoms with Crippen LogP contribution in [0.2, 0.25) is 0 Å². The van der Waals surface area contributed by atoms with Crippen molar-refractivity contribution >= 4 is 39.1 Å². The summed E-state index contributed by atoms with van der Waals surface area (Å²) in [5.41, 5.74) is 3.60. The number of anilines is 1. The third-order valence-electron chi connectivity index (χ3n) is 5.92. The minimum absolute atomic E-state index is 0.0408. The van der Waals surface area contributed by atoms with Crippen molar-refractivity contribution in [3.8, 4) is 11.1 Å². The number of halogens is 6. The SMILES string of the molecule is NC(=O)c1sc2nc(C(F)(F)F)cc(-c3ccccc3)c2c1NC(=O)Cn1nc(C(F)(F)F)cc1C1CC1. The lowest BCUT2D eigenvalue weighted by Crippen LogP contribution is -2.23. The normalized spacial score (nSPS) is 14.2. The molecule has 3 aromatic heterocycles. The molecule has 0 radical (unpaired) electrons. The van der Waals surface area contributed by atoms with Gasteiger partial charge in [-0.3, -0.25) is 14.3 Å². The summed E-state index contributed by atoms with van der Waals surface area (Å²) >= 11 is 0.573. The number of alkyl halides is 6. The zero-order chi connectivity index (χ0) is 27.4. The number of pyridine rings is 1. The van der Waals surface area contributed by atoms with Gasteiger partial charge < -0.3 is 11.1 Å². The molecule has 4 aromatic rings. The van der Waals surface area contributed by atoms with Gasteiger partial charge in [-0.2, -0.15) is 31.4 Å². The molecule has 0 unspecified atom stereocenters. The van der Waals surface area contributed by atoms with E-state index in [-0.39, 0.29) is 38.0 Å². The van der Waals surface area contributed by atoms with Crippen LogP contribution in [0.3, 0.4) is 0 Å². The minimum Gasteiger partial charge on any atom is -0.365 e. The fraction of sp³-hybridized carbons (Fsp3) is 0.250. The summed E-state index contributed by atoms with van der Waals surface area (Å²) in [6.07, 6.45) is -8.20. The average Bonchev–Trinajstić information content (AvgIpc) is 3.48. The smallest absolute Gasteiger partial charge is 0.365 e. The zero-order valence-corrected chi connectivity index (χ0v) is 20.0. The molecule has 0 atom stereocenters. The third kappa shape index (κ3) is 4.95. The molecular formula is C24H17F6N5O2S. The number of aromatic nitrogens is 3. The van der Waals surface area contributed by atoms with Crippen molar-refractivity contribution in [2.75, 3.05) is 5.32 Å². The van der Waals surface area contributed by atoms with E-state index in [1.54, 1.807) is 30.3 Å². The Kier molecular flexibility index (Phi) is 6.16. The lowest BCUT2D eigenvalue weighted by molar-refractivity contribution is -0.142. The predicted molar refractivity (Wildman–Crippen MR) is 126 cm³/mol. The van der Waals surface area contributed by atoms with Crippen LogP contribution in [0.25, 0.3) is 21.3 Å². The van der Waals surface area contributed by atoms with E-state index in [1.807, 2.05) is 0 Å². The molecule has 2 amide bonds. The molecule has 14 heteroatoms. The Bertz CT molecular complexity index is 1550. The molecule has 7 nitrogen and oxygen atoms in total. The number of nitrogens with zero attached hydrogens (tertiary/aromatic N) is 3. The molecule has 0 bridgehead atoms. The van der Waals surface area contributed by atoms with Crippen LogP contribution in [0, 0.1) is 0 Å². The van der Waals surface area contributed by atoms with Gasteiger partial charge in [0.05, 0.1) is 5.69 Å². The first-order chi connectivity index (χ1) is 17.8. The largest absolute Gasteiger partial charge is 0.435 e. The van der Waals surface area contributed by atoms with Crippen LogP contribution in [0.4, 0.5) is 32.0 Å².